The van der Waals surface area contributed by atoms with Gasteiger partial charge < -0.3 is 9.47 Å². The molecule has 0 amide bonds. The molecule has 0 aromatic heterocycles. The molecule has 132 valence electrons. The zero-order valence-corrected chi connectivity index (χ0v) is 15.2. The van der Waals surface area contributed by atoms with Crippen molar-refractivity contribution in [2.24, 2.45) is 0 Å². The van der Waals surface area contributed by atoms with Gasteiger partial charge in [-0.05, 0) is 13.3 Å². The monoisotopic (exact) mass is 314 g/mol. The normalized spacial score (nSPS) is 12.3. The average molecular weight is 315 g/mol. The second-order valence-electron chi connectivity index (χ2n) is 6.38. The average Bonchev–Trinajstić information content (AvgIpc) is 2.47. The van der Waals surface area contributed by atoms with E-state index in [1.54, 1.807) is 0 Å². The molecule has 0 spiro atoms. The molecule has 0 N–H and O–H groups in total. The van der Waals surface area contributed by atoms with E-state index in [1.807, 2.05) is 6.92 Å². The molecule has 0 fully saturated rings. The summed E-state index contributed by atoms with van der Waals surface area (Å²) in [6.45, 7) is 6.86. The van der Waals surface area contributed by atoms with E-state index in [-0.39, 0.29) is 12.1 Å². The first-order valence-electron chi connectivity index (χ1n) is 9.41. The van der Waals surface area contributed by atoms with Gasteiger partial charge in [0.25, 0.3) is 0 Å². The van der Waals surface area contributed by atoms with Gasteiger partial charge in [0.05, 0.1) is 6.61 Å². The summed E-state index contributed by atoms with van der Waals surface area (Å²) < 4.78 is 10.5. The standard InChI is InChI=1S/C19H38O3/c1-4-5-6-7-8-9-10-11-12-13-14-15-16-21-17-18(2)22-19(3)20/h18H,4-17H2,1-3H3/t18-/m0/s1. The molecule has 0 aliphatic carbocycles. The number of unbranched alkanes of at least 4 members (excludes halogenated alkanes) is 11. The molecule has 0 aliphatic heterocycles. The molecular formula is C19H38O3. The number of ether oxygens (including phenoxy) is 2. The minimum atomic E-state index is -0.235. The van der Waals surface area contributed by atoms with E-state index in [1.165, 1.54) is 77.6 Å². The summed E-state index contributed by atoms with van der Waals surface area (Å²) >= 11 is 0. The van der Waals surface area contributed by atoms with Gasteiger partial charge in [0.1, 0.15) is 6.10 Å². The van der Waals surface area contributed by atoms with Crippen molar-refractivity contribution < 1.29 is 14.3 Å². The Kier molecular flexibility index (Phi) is 16.4. The molecule has 3 heteroatoms. The Morgan fingerprint density at radius 1 is 0.818 bits per heavy atom. The van der Waals surface area contributed by atoms with Gasteiger partial charge in [-0.3, -0.25) is 4.79 Å². The summed E-state index contributed by atoms with van der Waals surface area (Å²) in [6.07, 6.45) is 16.1. The first kappa shape index (κ1) is 21.4. The van der Waals surface area contributed by atoms with Crippen LogP contribution in [-0.4, -0.2) is 25.3 Å². The second-order valence-corrected chi connectivity index (χ2v) is 6.38. The Labute approximate surface area is 138 Å². The highest BCUT2D eigenvalue weighted by molar-refractivity contribution is 5.66. The first-order valence-corrected chi connectivity index (χ1v) is 9.41. The van der Waals surface area contributed by atoms with Crippen molar-refractivity contribution in [2.75, 3.05) is 13.2 Å². The molecule has 0 aromatic carbocycles. The minimum Gasteiger partial charge on any atom is -0.460 e. The highest BCUT2D eigenvalue weighted by atomic mass is 16.6. The van der Waals surface area contributed by atoms with Crippen LogP contribution in [0.5, 0.6) is 0 Å². The quantitative estimate of drug-likeness (QED) is 0.272. The van der Waals surface area contributed by atoms with Gasteiger partial charge in [0.15, 0.2) is 0 Å². The van der Waals surface area contributed by atoms with Gasteiger partial charge in [0.2, 0.25) is 0 Å². The van der Waals surface area contributed by atoms with Gasteiger partial charge in [-0.1, -0.05) is 77.6 Å². The molecule has 0 saturated carbocycles. The van der Waals surface area contributed by atoms with Gasteiger partial charge in [-0.15, -0.1) is 0 Å². The van der Waals surface area contributed by atoms with Crippen molar-refractivity contribution in [3.05, 3.63) is 0 Å². The van der Waals surface area contributed by atoms with Crippen LogP contribution in [0.3, 0.4) is 0 Å². The first-order chi connectivity index (χ1) is 10.7. The third-order valence-corrected chi connectivity index (χ3v) is 3.86. The zero-order chi connectivity index (χ0) is 16.5. The maximum Gasteiger partial charge on any atom is 0.302 e. The Morgan fingerprint density at radius 3 is 1.73 bits per heavy atom. The predicted molar refractivity (Wildman–Crippen MR) is 93.1 cm³/mol. The van der Waals surface area contributed by atoms with Crippen molar-refractivity contribution >= 4 is 5.97 Å². The molecular weight excluding hydrogens is 276 g/mol. The van der Waals surface area contributed by atoms with Gasteiger partial charge in [0, 0.05) is 13.5 Å². The molecule has 0 rings (SSSR count). The summed E-state index contributed by atoms with van der Waals surface area (Å²) in [4.78, 5) is 10.7. The predicted octanol–water partition coefficient (Wildman–Crippen LogP) is 5.66. The number of hydrogen-bond acceptors (Lipinski definition) is 3. The molecule has 1 atom stereocenters. The lowest BCUT2D eigenvalue weighted by atomic mass is 10.1. The number of carbonyl (C=O) groups is 1. The van der Waals surface area contributed by atoms with Crippen molar-refractivity contribution in [2.45, 2.75) is 104 Å². The maximum absolute atomic E-state index is 10.7. The molecule has 0 radical (unpaired) electrons. The summed E-state index contributed by atoms with van der Waals surface area (Å²) in [6, 6.07) is 0. The third kappa shape index (κ3) is 17.5. The SMILES string of the molecule is CCCCCCCCCCCCCCOC[C@H](C)OC(C)=O. The summed E-state index contributed by atoms with van der Waals surface area (Å²) in [5, 5.41) is 0. The largest absolute Gasteiger partial charge is 0.460 e. The van der Waals surface area contributed by atoms with Crippen molar-refractivity contribution in [3.8, 4) is 0 Å². The molecule has 0 unspecified atom stereocenters. The Bertz CT molecular complexity index is 241. The van der Waals surface area contributed by atoms with E-state index < -0.39 is 0 Å². The zero-order valence-electron chi connectivity index (χ0n) is 15.2. The lowest BCUT2D eigenvalue weighted by Crippen LogP contribution is -2.18. The maximum atomic E-state index is 10.7. The number of carbonyl (C=O) groups excluding carboxylic acids is 1. The van der Waals surface area contributed by atoms with E-state index in [0.29, 0.717) is 6.61 Å². The summed E-state index contributed by atoms with van der Waals surface area (Å²) in [5.74, 6) is -0.235. The van der Waals surface area contributed by atoms with Crippen LogP contribution in [0.15, 0.2) is 0 Å². The molecule has 22 heavy (non-hydrogen) atoms. The molecule has 0 heterocycles. The molecule has 3 nitrogen and oxygen atoms in total. The fraction of sp³-hybridized carbons (Fsp3) is 0.947. The third-order valence-electron chi connectivity index (χ3n) is 3.86. The summed E-state index contributed by atoms with van der Waals surface area (Å²) in [5.41, 5.74) is 0. The number of hydrogen-bond donors (Lipinski definition) is 0. The van der Waals surface area contributed by atoms with E-state index >= 15 is 0 Å². The Hall–Kier alpha value is -0.570. The fourth-order valence-corrected chi connectivity index (χ4v) is 2.61. The van der Waals surface area contributed by atoms with E-state index in [4.69, 9.17) is 9.47 Å². The van der Waals surface area contributed by atoms with Crippen molar-refractivity contribution in [1.29, 1.82) is 0 Å². The lowest BCUT2D eigenvalue weighted by Gasteiger charge is -2.11. The van der Waals surface area contributed by atoms with Gasteiger partial charge in [-0.25, -0.2) is 0 Å². The Balaban J connectivity index is 3.07. The smallest absolute Gasteiger partial charge is 0.302 e. The molecule has 0 aliphatic rings. The van der Waals surface area contributed by atoms with E-state index in [2.05, 4.69) is 6.92 Å². The van der Waals surface area contributed by atoms with Gasteiger partial charge in [-0.2, -0.15) is 0 Å². The topological polar surface area (TPSA) is 35.5 Å². The highest BCUT2D eigenvalue weighted by Gasteiger charge is 2.04. The number of esters is 1. The highest BCUT2D eigenvalue weighted by Crippen LogP contribution is 2.11. The van der Waals surface area contributed by atoms with Crippen LogP contribution in [0.1, 0.15) is 97.8 Å². The fourth-order valence-electron chi connectivity index (χ4n) is 2.61. The number of rotatable bonds is 16. The van der Waals surface area contributed by atoms with Crippen molar-refractivity contribution in [1.82, 2.24) is 0 Å². The van der Waals surface area contributed by atoms with Crippen LogP contribution in [0.25, 0.3) is 0 Å². The van der Waals surface area contributed by atoms with Crippen LogP contribution < -0.4 is 0 Å². The van der Waals surface area contributed by atoms with Crippen LogP contribution in [0, 0.1) is 0 Å². The molecule has 0 aromatic rings. The summed E-state index contributed by atoms with van der Waals surface area (Å²) in [7, 11) is 0. The Morgan fingerprint density at radius 2 is 1.27 bits per heavy atom. The second kappa shape index (κ2) is 16.8. The van der Waals surface area contributed by atoms with Crippen LogP contribution in [0.4, 0.5) is 0 Å². The lowest BCUT2D eigenvalue weighted by molar-refractivity contribution is -0.148. The van der Waals surface area contributed by atoms with Gasteiger partial charge >= 0.3 is 5.97 Å². The van der Waals surface area contributed by atoms with E-state index in [9.17, 15) is 4.79 Å². The van der Waals surface area contributed by atoms with Crippen LogP contribution in [0.2, 0.25) is 0 Å². The molecule has 0 bridgehead atoms. The van der Waals surface area contributed by atoms with Crippen LogP contribution in [-0.2, 0) is 14.3 Å². The van der Waals surface area contributed by atoms with Crippen molar-refractivity contribution in [3.63, 3.8) is 0 Å². The van der Waals surface area contributed by atoms with Crippen LogP contribution >= 0.6 is 0 Å². The van der Waals surface area contributed by atoms with E-state index in [0.717, 1.165) is 13.0 Å². The molecule has 0 saturated heterocycles. The minimum absolute atomic E-state index is 0.130.